The summed E-state index contributed by atoms with van der Waals surface area (Å²) in [6.07, 6.45) is 0.222. The average molecular weight is 218 g/mol. The summed E-state index contributed by atoms with van der Waals surface area (Å²) in [6.45, 7) is 0.569. The van der Waals surface area contributed by atoms with Gasteiger partial charge in [0.25, 0.3) is 0 Å². The molecule has 3 N–H and O–H groups in total. The zero-order valence-corrected chi connectivity index (χ0v) is 8.63. The van der Waals surface area contributed by atoms with Crippen molar-refractivity contribution in [3.63, 3.8) is 0 Å². The van der Waals surface area contributed by atoms with Crippen LogP contribution in [0, 0.1) is 0 Å². The topological polar surface area (TPSA) is 79.2 Å². The molecule has 0 amide bonds. The molecule has 0 radical (unpaired) electrons. The van der Waals surface area contributed by atoms with Gasteiger partial charge in [0, 0.05) is 19.4 Å². The minimum Gasteiger partial charge on any atom is -0.396 e. The molecule has 0 aliphatic carbocycles. The van der Waals surface area contributed by atoms with E-state index in [4.69, 9.17) is 14.6 Å². The lowest BCUT2D eigenvalue weighted by Crippen LogP contribution is -2.57. The van der Waals surface area contributed by atoms with Crippen molar-refractivity contribution in [3.05, 3.63) is 0 Å². The summed E-state index contributed by atoms with van der Waals surface area (Å²) < 4.78 is 11.1. The molecule has 2 fully saturated rings. The van der Waals surface area contributed by atoms with Crippen LogP contribution in [0.5, 0.6) is 0 Å². The molecular weight excluding hydrogens is 200 g/mol. The molecule has 2 heterocycles. The van der Waals surface area contributed by atoms with E-state index in [9.17, 15) is 10.2 Å². The fourth-order valence-electron chi connectivity index (χ4n) is 2.37. The Kier molecular flexibility index (Phi) is 3.27. The van der Waals surface area contributed by atoms with Crippen molar-refractivity contribution in [3.8, 4) is 0 Å². The van der Waals surface area contributed by atoms with Gasteiger partial charge in [0.05, 0.1) is 18.8 Å². The van der Waals surface area contributed by atoms with Gasteiger partial charge < -0.3 is 24.8 Å². The highest BCUT2D eigenvalue weighted by Gasteiger charge is 2.51. The van der Waals surface area contributed by atoms with Crippen LogP contribution in [0.2, 0.25) is 0 Å². The third-order valence-electron chi connectivity index (χ3n) is 3.15. The van der Waals surface area contributed by atoms with Gasteiger partial charge in [-0.15, -0.1) is 0 Å². The molecule has 88 valence electrons. The fourth-order valence-corrected chi connectivity index (χ4v) is 2.37. The van der Waals surface area contributed by atoms with Crippen molar-refractivity contribution in [1.82, 2.24) is 0 Å². The molecule has 2 aliphatic heterocycles. The first-order chi connectivity index (χ1) is 7.18. The van der Waals surface area contributed by atoms with E-state index < -0.39 is 18.0 Å². The zero-order chi connectivity index (χ0) is 10.9. The highest BCUT2D eigenvalue weighted by Crippen LogP contribution is 2.38. The fraction of sp³-hybridized carbons (Fsp3) is 1.00. The molecule has 1 spiro atoms. The molecule has 0 aromatic rings. The van der Waals surface area contributed by atoms with Crippen LogP contribution in [-0.2, 0) is 9.47 Å². The zero-order valence-electron chi connectivity index (χ0n) is 8.63. The van der Waals surface area contributed by atoms with Gasteiger partial charge >= 0.3 is 0 Å². The van der Waals surface area contributed by atoms with E-state index in [0.717, 1.165) is 6.42 Å². The summed E-state index contributed by atoms with van der Waals surface area (Å²) >= 11 is 0. The number of hydrogen-bond acceptors (Lipinski definition) is 5. The molecule has 0 bridgehead atoms. The van der Waals surface area contributed by atoms with Gasteiger partial charge in [0.2, 0.25) is 0 Å². The van der Waals surface area contributed by atoms with Gasteiger partial charge in [-0.2, -0.15) is 0 Å². The van der Waals surface area contributed by atoms with Crippen LogP contribution in [-0.4, -0.2) is 52.6 Å². The maximum absolute atomic E-state index is 9.85. The number of aliphatic hydroxyl groups excluding tert-OH is 3. The van der Waals surface area contributed by atoms with Crippen LogP contribution in [0.15, 0.2) is 0 Å². The Bertz CT molecular complexity index is 214. The highest BCUT2D eigenvalue weighted by atomic mass is 16.7. The summed E-state index contributed by atoms with van der Waals surface area (Å²) in [5.41, 5.74) is 0. The monoisotopic (exact) mass is 218 g/mol. The van der Waals surface area contributed by atoms with Crippen LogP contribution in [0.3, 0.4) is 0 Å². The van der Waals surface area contributed by atoms with Gasteiger partial charge in [-0.3, -0.25) is 0 Å². The van der Waals surface area contributed by atoms with Crippen molar-refractivity contribution < 1.29 is 24.8 Å². The first kappa shape index (κ1) is 11.3. The molecule has 0 saturated carbocycles. The normalized spacial score (nSPS) is 46.2. The van der Waals surface area contributed by atoms with Crippen LogP contribution in [0.4, 0.5) is 0 Å². The van der Waals surface area contributed by atoms with E-state index in [1.54, 1.807) is 0 Å². The van der Waals surface area contributed by atoms with Crippen molar-refractivity contribution in [2.24, 2.45) is 0 Å². The summed E-state index contributed by atoms with van der Waals surface area (Å²) in [7, 11) is 0. The largest absolute Gasteiger partial charge is 0.396 e. The SMILES string of the molecule is OCCC1CC(O)C(O)[C@]2(CCCO2)O1. The lowest BCUT2D eigenvalue weighted by Gasteiger charge is -2.43. The van der Waals surface area contributed by atoms with Crippen molar-refractivity contribution in [1.29, 1.82) is 0 Å². The summed E-state index contributed by atoms with van der Waals surface area (Å²) in [4.78, 5) is 0. The van der Waals surface area contributed by atoms with Crippen molar-refractivity contribution >= 4 is 0 Å². The average Bonchev–Trinajstić information content (AvgIpc) is 2.64. The Hall–Kier alpha value is -0.200. The van der Waals surface area contributed by atoms with Gasteiger partial charge in [-0.05, 0) is 12.8 Å². The Morgan fingerprint density at radius 3 is 2.73 bits per heavy atom. The van der Waals surface area contributed by atoms with Gasteiger partial charge in [0.1, 0.15) is 6.10 Å². The Labute approximate surface area is 88.6 Å². The minimum atomic E-state index is -1.03. The lowest BCUT2D eigenvalue weighted by atomic mass is 9.92. The number of aliphatic hydroxyl groups is 3. The van der Waals surface area contributed by atoms with E-state index in [0.29, 0.717) is 25.9 Å². The number of rotatable bonds is 2. The summed E-state index contributed by atoms with van der Waals surface area (Å²) in [5, 5.41) is 28.4. The lowest BCUT2D eigenvalue weighted by molar-refractivity contribution is -0.324. The second-order valence-corrected chi connectivity index (χ2v) is 4.26. The highest BCUT2D eigenvalue weighted by molar-refractivity contribution is 4.94. The van der Waals surface area contributed by atoms with E-state index in [-0.39, 0.29) is 12.7 Å². The van der Waals surface area contributed by atoms with Crippen molar-refractivity contribution in [2.45, 2.75) is 49.8 Å². The maximum atomic E-state index is 9.85. The molecule has 5 nitrogen and oxygen atoms in total. The second-order valence-electron chi connectivity index (χ2n) is 4.26. The van der Waals surface area contributed by atoms with Gasteiger partial charge in [0.15, 0.2) is 5.79 Å². The molecule has 3 unspecified atom stereocenters. The van der Waals surface area contributed by atoms with E-state index in [2.05, 4.69) is 0 Å². The number of ether oxygens (including phenoxy) is 2. The first-order valence-corrected chi connectivity index (χ1v) is 5.47. The molecular formula is C10H18O5. The van der Waals surface area contributed by atoms with Crippen LogP contribution in [0.1, 0.15) is 25.7 Å². The third-order valence-corrected chi connectivity index (χ3v) is 3.15. The first-order valence-electron chi connectivity index (χ1n) is 5.47. The summed E-state index contributed by atoms with van der Waals surface area (Å²) in [5.74, 6) is -1.03. The smallest absolute Gasteiger partial charge is 0.197 e. The third kappa shape index (κ3) is 2.03. The molecule has 15 heavy (non-hydrogen) atoms. The van der Waals surface area contributed by atoms with Crippen LogP contribution >= 0.6 is 0 Å². The quantitative estimate of drug-likeness (QED) is 0.576. The molecule has 2 aliphatic rings. The molecule has 2 saturated heterocycles. The van der Waals surface area contributed by atoms with E-state index in [1.165, 1.54) is 0 Å². The standard InChI is InChI=1S/C10H18O5/c11-4-2-7-6-8(12)9(13)10(15-7)3-1-5-14-10/h7-9,11-13H,1-6H2/t7?,8?,9?,10-/m0/s1. The molecule has 0 aromatic carbocycles. The predicted molar refractivity (Wildman–Crippen MR) is 51.1 cm³/mol. The Balaban J connectivity index is 2.07. The molecule has 4 atom stereocenters. The second kappa shape index (κ2) is 4.35. The Morgan fingerprint density at radius 1 is 1.33 bits per heavy atom. The van der Waals surface area contributed by atoms with Crippen LogP contribution in [0.25, 0.3) is 0 Å². The summed E-state index contributed by atoms with van der Waals surface area (Å²) in [6, 6.07) is 0. The van der Waals surface area contributed by atoms with E-state index >= 15 is 0 Å². The van der Waals surface area contributed by atoms with E-state index in [1.807, 2.05) is 0 Å². The number of hydrogen-bond donors (Lipinski definition) is 3. The van der Waals surface area contributed by atoms with Gasteiger partial charge in [-0.25, -0.2) is 0 Å². The maximum Gasteiger partial charge on any atom is 0.197 e. The molecule has 5 heteroatoms. The Morgan fingerprint density at radius 2 is 2.13 bits per heavy atom. The van der Waals surface area contributed by atoms with Gasteiger partial charge in [-0.1, -0.05) is 0 Å². The molecule has 0 aromatic heterocycles. The van der Waals surface area contributed by atoms with Crippen molar-refractivity contribution in [2.75, 3.05) is 13.2 Å². The van der Waals surface area contributed by atoms with Crippen LogP contribution < -0.4 is 0 Å². The predicted octanol–water partition coefficient (Wildman–Crippen LogP) is -0.614. The molecule has 2 rings (SSSR count). The minimum absolute atomic E-state index is 0.0174.